The molecule has 0 bridgehead atoms. The third kappa shape index (κ3) is 14.6. The molecule has 2 aliphatic rings. The SMILES string of the molecule is CCCC[C@H](NC(C)=O)C(=O)N[C@H]1CC(=O)NCCCC[C@@H](C(N)=O)NC(=O)[C@H](Cc2cc3ccccc3[nH]2)NC(=O)[C@@H]2CCCN2C(=O)[C@@H](Cc2ccc(O)cc2)N(C)C(=O)[C@H](Cc2cnc[nH]2)NC1=O. The Morgan fingerprint density at radius 2 is 1.60 bits per heavy atom. The van der Waals surface area contributed by atoms with Gasteiger partial charge in [-0.3, -0.25) is 43.2 Å². The quantitative estimate of drug-likeness (QED) is 0.0866. The molecule has 2 aliphatic heterocycles. The number of rotatable bonds is 13. The molecule has 386 valence electrons. The Labute approximate surface area is 416 Å². The summed E-state index contributed by atoms with van der Waals surface area (Å²) in [5.74, 6) is -6.37. The van der Waals surface area contributed by atoms with Crippen LogP contribution in [0.5, 0.6) is 5.75 Å². The first-order valence-electron chi connectivity index (χ1n) is 24.4. The van der Waals surface area contributed by atoms with Gasteiger partial charge in [-0.25, -0.2) is 4.98 Å². The molecule has 22 nitrogen and oxygen atoms in total. The number of phenolic OH excluding ortho intramolecular Hbond substituents is 1. The molecule has 2 saturated heterocycles. The molecule has 72 heavy (non-hydrogen) atoms. The number of hydrogen-bond acceptors (Lipinski definition) is 11. The Morgan fingerprint density at radius 1 is 0.861 bits per heavy atom. The van der Waals surface area contributed by atoms with E-state index in [-0.39, 0.29) is 57.4 Å². The van der Waals surface area contributed by atoms with Crippen molar-refractivity contribution in [3.05, 3.63) is 84.1 Å². The minimum atomic E-state index is -1.57. The number of unbranched alkanes of at least 4 members (excludes halogenated alkanes) is 1. The van der Waals surface area contributed by atoms with Gasteiger partial charge in [0.15, 0.2) is 0 Å². The monoisotopic (exact) mass is 995 g/mol. The number of fused-ring (bicyclic) bond motifs is 2. The highest BCUT2D eigenvalue weighted by Crippen LogP contribution is 2.24. The van der Waals surface area contributed by atoms with Gasteiger partial charge in [-0.05, 0) is 73.7 Å². The Kier molecular flexibility index (Phi) is 18.9. The van der Waals surface area contributed by atoms with E-state index in [1.807, 2.05) is 37.3 Å². The van der Waals surface area contributed by atoms with E-state index in [1.165, 1.54) is 48.4 Å². The van der Waals surface area contributed by atoms with Gasteiger partial charge >= 0.3 is 0 Å². The van der Waals surface area contributed by atoms with E-state index in [2.05, 4.69) is 46.9 Å². The maximum absolute atomic E-state index is 15.1. The molecular weight excluding hydrogens is 929 g/mol. The molecule has 4 aromatic rings. The number of para-hydroxylation sites is 1. The number of phenols is 1. The molecule has 7 atom stereocenters. The van der Waals surface area contributed by atoms with E-state index >= 15 is 4.79 Å². The van der Waals surface area contributed by atoms with E-state index in [0.29, 0.717) is 49.1 Å². The normalized spacial score (nSPS) is 22.8. The van der Waals surface area contributed by atoms with Gasteiger partial charge in [0.05, 0.1) is 12.7 Å². The van der Waals surface area contributed by atoms with Crippen LogP contribution < -0.4 is 37.6 Å². The van der Waals surface area contributed by atoms with Crippen LogP contribution >= 0.6 is 0 Å². The molecule has 6 rings (SSSR count). The van der Waals surface area contributed by atoms with Crippen LogP contribution in [0.15, 0.2) is 67.1 Å². The second-order valence-electron chi connectivity index (χ2n) is 18.5. The third-order valence-electron chi connectivity index (χ3n) is 13.0. The number of amides is 9. The van der Waals surface area contributed by atoms with Crippen LogP contribution in [0.25, 0.3) is 10.9 Å². The van der Waals surface area contributed by atoms with Crippen LogP contribution in [0, 0.1) is 0 Å². The highest BCUT2D eigenvalue weighted by Gasteiger charge is 2.42. The van der Waals surface area contributed by atoms with Crippen molar-refractivity contribution >= 4 is 64.1 Å². The standard InChI is InChI=1S/C50H66N12O10/c1-4-5-12-37(55-29(2)63)45(67)58-39-26-43(65)53-20-9-8-14-36(44(51)66)57-46(68)38(24-32-23-31-11-6-7-13-35(31)56-32)59-48(70)41-15-10-21-62(41)50(72)42(22-30-16-18-34(64)19-17-30)61(3)49(71)40(60-47(39)69)25-33-27-52-28-54-33/h6-7,11,13,16-19,23,27-28,36-42,56,64H,4-5,8-10,12,14-15,20-22,24-26H2,1-3H3,(H2,51,66)(H,52,54)(H,53,65)(H,55,63)(H,57,68)(H,58,67)(H,59,70)(H,60,69)/t36-,37-,38-,39-,40-,41-,42+/m0/s1. The molecule has 4 heterocycles. The molecule has 9 amide bonds. The lowest BCUT2D eigenvalue weighted by Crippen LogP contribution is -2.61. The fourth-order valence-corrected chi connectivity index (χ4v) is 9.09. The predicted molar refractivity (Wildman–Crippen MR) is 263 cm³/mol. The number of imidazole rings is 1. The lowest BCUT2D eigenvalue weighted by molar-refractivity contribution is -0.149. The second-order valence-corrected chi connectivity index (χ2v) is 18.5. The topological polar surface area (TPSA) is 323 Å². The largest absolute Gasteiger partial charge is 0.508 e. The van der Waals surface area contributed by atoms with Crippen LogP contribution in [-0.4, -0.2) is 145 Å². The van der Waals surface area contributed by atoms with Gasteiger partial charge in [-0.15, -0.1) is 0 Å². The first kappa shape index (κ1) is 53.6. The number of hydrogen-bond donors (Lipinski definition) is 10. The van der Waals surface area contributed by atoms with Crippen molar-refractivity contribution in [2.75, 3.05) is 20.1 Å². The van der Waals surface area contributed by atoms with Crippen molar-refractivity contribution < 1.29 is 48.3 Å². The summed E-state index contributed by atoms with van der Waals surface area (Å²) in [4.78, 5) is 138. The molecule has 0 saturated carbocycles. The number of likely N-dealkylation sites (N-methyl/N-ethyl adjacent to an activating group) is 1. The third-order valence-corrected chi connectivity index (χ3v) is 13.0. The minimum absolute atomic E-state index is 0.0251. The summed E-state index contributed by atoms with van der Waals surface area (Å²) in [5.41, 5.74) is 8.16. The maximum Gasteiger partial charge on any atom is 0.246 e. The maximum atomic E-state index is 15.1. The zero-order valence-electron chi connectivity index (χ0n) is 40.8. The number of aromatic nitrogens is 3. The molecule has 2 aromatic carbocycles. The van der Waals surface area contributed by atoms with Gasteiger partial charge in [-0.2, -0.15) is 0 Å². The van der Waals surface area contributed by atoms with Crippen LogP contribution in [0.3, 0.4) is 0 Å². The van der Waals surface area contributed by atoms with E-state index in [0.717, 1.165) is 10.9 Å². The summed E-state index contributed by atoms with van der Waals surface area (Å²) < 4.78 is 0. The van der Waals surface area contributed by atoms with E-state index in [1.54, 1.807) is 12.1 Å². The summed E-state index contributed by atoms with van der Waals surface area (Å²) in [5, 5.41) is 27.2. The molecular formula is C50H66N12O10. The number of nitrogens with zero attached hydrogens (tertiary/aromatic N) is 3. The fourth-order valence-electron chi connectivity index (χ4n) is 9.09. The number of primary amides is 1. The van der Waals surface area contributed by atoms with E-state index in [9.17, 15) is 43.5 Å². The summed E-state index contributed by atoms with van der Waals surface area (Å²) >= 11 is 0. The number of carbonyl (C=O) groups is 9. The summed E-state index contributed by atoms with van der Waals surface area (Å²) in [6, 6.07) is 6.49. The van der Waals surface area contributed by atoms with E-state index < -0.39 is 102 Å². The minimum Gasteiger partial charge on any atom is -0.508 e. The van der Waals surface area contributed by atoms with Gasteiger partial charge in [0.25, 0.3) is 0 Å². The van der Waals surface area contributed by atoms with Crippen molar-refractivity contribution in [2.45, 2.75) is 133 Å². The highest BCUT2D eigenvalue weighted by molar-refractivity contribution is 5.99. The summed E-state index contributed by atoms with van der Waals surface area (Å²) in [6.07, 6.45) is 4.71. The van der Waals surface area contributed by atoms with Crippen LogP contribution in [0.4, 0.5) is 0 Å². The van der Waals surface area contributed by atoms with Crippen LogP contribution in [-0.2, 0) is 62.4 Å². The zero-order chi connectivity index (χ0) is 51.9. The zero-order valence-corrected chi connectivity index (χ0v) is 40.8. The second kappa shape index (κ2) is 25.4. The van der Waals surface area contributed by atoms with Gasteiger partial charge < -0.3 is 62.5 Å². The first-order chi connectivity index (χ1) is 34.5. The number of benzene rings is 2. The van der Waals surface area contributed by atoms with Gasteiger partial charge in [0.1, 0.15) is 48.0 Å². The number of H-pyrrole nitrogens is 2. The number of carbonyl (C=O) groups excluding carboxylic acids is 9. The van der Waals surface area contributed by atoms with Gasteiger partial charge in [0.2, 0.25) is 53.2 Å². The predicted octanol–water partition coefficient (Wildman–Crippen LogP) is 0.252. The van der Waals surface area contributed by atoms with E-state index in [4.69, 9.17) is 5.73 Å². The highest BCUT2D eigenvalue weighted by atomic mass is 16.3. The first-order valence-corrected chi connectivity index (χ1v) is 24.4. The molecule has 22 heteroatoms. The van der Waals surface area contributed by atoms with Crippen LogP contribution in [0.1, 0.15) is 88.6 Å². The molecule has 11 N–H and O–H groups in total. The summed E-state index contributed by atoms with van der Waals surface area (Å²) in [7, 11) is 1.39. The Hall–Kier alpha value is -7.78. The number of aromatic hydroxyl groups is 1. The fraction of sp³-hybridized carbons (Fsp3) is 0.480. The smallest absolute Gasteiger partial charge is 0.246 e. The van der Waals surface area contributed by atoms with Crippen molar-refractivity contribution in [2.24, 2.45) is 5.73 Å². The Bertz CT molecular complexity index is 2530. The number of nitrogens with two attached hydrogens (primary N) is 1. The van der Waals surface area contributed by atoms with Crippen molar-refractivity contribution in [1.29, 1.82) is 0 Å². The van der Waals surface area contributed by atoms with Gasteiger partial charge in [-0.1, -0.05) is 50.1 Å². The van der Waals surface area contributed by atoms with Crippen LogP contribution in [0.2, 0.25) is 0 Å². The van der Waals surface area contributed by atoms with Gasteiger partial charge in [0, 0.05) is 69.4 Å². The Morgan fingerprint density at radius 3 is 2.29 bits per heavy atom. The Balaban J connectivity index is 1.38. The average molecular weight is 995 g/mol. The number of nitrogens with one attached hydrogen (secondary N) is 8. The van der Waals surface area contributed by atoms with Crippen molar-refractivity contribution in [3.8, 4) is 5.75 Å². The lowest BCUT2D eigenvalue weighted by atomic mass is 10.0. The molecule has 0 unspecified atom stereocenters. The average Bonchev–Trinajstić information content (AvgIpc) is 4.15. The molecule has 2 aromatic heterocycles. The summed E-state index contributed by atoms with van der Waals surface area (Å²) in [6.45, 7) is 3.33. The molecule has 0 spiro atoms. The lowest BCUT2D eigenvalue weighted by Gasteiger charge is -2.35. The van der Waals surface area contributed by atoms with Crippen molar-refractivity contribution in [1.82, 2.24) is 56.7 Å². The molecule has 2 fully saturated rings. The number of aromatic amines is 2. The molecule has 0 radical (unpaired) electrons. The van der Waals surface area contributed by atoms with Crippen molar-refractivity contribution in [3.63, 3.8) is 0 Å². The molecule has 0 aliphatic carbocycles.